The van der Waals surface area contributed by atoms with Gasteiger partial charge in [0.25, 0.3) is 0 Å². The van der Waals surface area contributed by atoms with E-state index in [1.165, 1.54) is 0 Å². The molecule has 0 fully saturated rings. The summed E-state index contributed by atoms with van der Waals surface area (Å²) in [6, 6.07) is 5.70. The molecule has 170 valence electrons. The minimum atomic E-state index is -0.511. The Hall–Kier alpha value is -2.82. The second-order valence-electron chi connectivity index (χ2n) is 8.48. The lowest BCUT2D eigenvalue weighted by Crippen LogP contribution is -2.24. The summed E-state index contributed by atoms with van der Waals surface area (Å²) in [4.78, 5) is 23.7. The highest BCUT2D eigenvalue weighted by molar-refractivity contribution is 5.89. The van der Waals surface area contributed by atoms with Crippen molar-refractivity contribution in [2.45, 2.75) is 47.0 Å². The molecule has 0 bridgehead atoms. The maximum atomic E-state index is 12.0. The quantitative estimate of drug-likeness (QED) is 0.182. The van der Waals surface area contributed by atoms with Crippen LogP contribution in [-0.4, -0.2) is 32.6 Å². The number of carbonyl (C=O) groups excluding carboxylic acids is 2. The first kappa shape index (κ1) is 26.2. The van der Waals surface area contributed by atoms with Gasteiger partial charge in [-0.05, 0) is 57.4 Å². The zero-order valence-electron chi connectivity index (χ0n) is 19.6. The number of unbranched alkanes of at least 4 members (excludes halogenated alkanes) is 1. The van der Waals surface area contributed by atoms with E-state index in [0.29, 0.717) is 6.42 Å². The molecule has 1 aromatic rings. The number of carbonyl (C=O) groups is 2. The average Bonchev–Trinajstić information content (AvgIpc) is 2.74. The van der Waals surface area contributed by atoms with E-state index < -0.39 is 5.41 Å². The molecule has 5 nitrogen and oxygen atoms in total. The van der Waals surface area contributed by atoms with Gasteiger partial charge in [0.15, 0.2) is 5.78 Å². The van der Waals surface area contributed by atoms with Crippen LogP contribution in [0.3, 0.4) is 0 Å². The second-order valence-corrected chi connectivity index (χ2v) is 8.48. The number of ketones is 1. The number of methoxy groups -OCH3 is 2. The van der Waals surface area contributed by atoms with E-state index in [9.17, 15) is 9.59 Å². The molecule has 0 spiro atoms. The van der Waals surface area contributed by atoms with Gasteiger partial charge in [0.2, 0.25) is 0 Å². The summed E-state index contributed by atoms with van der Waals surface area (Å²) < 4.78 is 15.8. The second kappa shape index (κ2) is 13.5. The van der Waals surface area contributed by atoms with Crippen LogP contribution in [0.25, 0.3) is 6.08 Å². The predicted octanol–water partition coefficient (Wildman–Crippen LogP) is 5.79. The lowest BCUT2D eigenvalue weighted by Gasteiger charge is -2.17. The highest BCUT2D eigenvalue weighted by Gasteiger charge is 2.23. The van der Waals surface area contributed by atoms with Crippen molar-refractivity contribution in [3.63, 3.8) is 0 Å². The molecule has 0 aliphatic carbocycles. The van der Waals surface area contributed by atoms with Gasteiger partial charge < -0.3 is 14.2 Å². The molecule has 0 unspecified atom stereocenters. The first-order valence-electron chi connectivity index (χ1n) is 10.6. The number of esters is 1. The summed E-state index contributed by atoms with van der Waals surface area (Å²) in [6.07, 6.45) is 13.4. The maximum absolute atomic E-state index is 12.0. The number of benzene rings is 1. The number of ether oxygens (including phenoxy) is 3. The van der Waals surface area contributed by atoms with Gasteiger partial charge in [0.1, 0.15) is 11.5 Å². The normalized spacial score (nSPS) is 13.1. The number of allylic oxidation sites excluding steroid dienone is 4. The topological polar surface area (TPSA) is 61.8 Å². The van der Waals surface area contributed by atoms with Gasteiger partial charge >= 0.3 is 5.97 Å². The van der Waals surface area contributed by atoms with E-state index in [4.69, 9.17) is 14.2 Å². The summed E-state index contributed by atoms with van der Waals surface area (Å²) in [5.74, 6) is 1.36. The van der Waals surface area contributed by atoms with Gasteiger partial charge in [-0.2, -0.15) is 0 Å². The molecule has 0 saturated heterocycles. The summed E-state index contributed by atoms with van der Waals surface area (Å²) in [7, 11) is 3.25. The summed E-state index contributed by atoms with van der Waals surface area (Å²) >= 11 is 0. The molecule has 0 saturated carbocycles. The van der Waals surface area contributed by atoms with Crippen LogP contribution in [-0.2, 0) is 14.3 Å². The maximum Gasteiger partial charge on any atom is 0.311 e. The molecule has 0 amide bonds. The summed E-state index contributed by atoms with van der Waals surface area (Å²) in [5.41, 5.74) is 0.478. The summed E-state index contributed by atoms with van der Waals surface area (Å²) in [5, 5.41) is 0. The Morgan fingerprint density at radius 2 is 1.68 bits per heavy atom. The van der Waals surface area contributed by atoms with Gasteiger partial charge in [-0.15, -0.1) is 0 Å². The number of hydrogen-bond donors (Lipinski definition) is 0. The molecule has 0 aliphatic heterocycles. The van der Waals surface area contributed by atoms with E-state index >= 15 is 0 Å². The largest absolute Gasteiger partial charge is 0.497 e. The van der Waals surface area contributed by atoms with Crippen molar-refractivity contribution in [3.05, 3.63) is 54.1 Å². The van der Waals surface area contributed by atoms with E-state index in [2.05, 4.69) is 0 Å². The molecular formula is C26H36O5. The minimum absolute atomic E-state index is 0.00974. The fourth-order valence-electron chi connectivity index (χ4n) is 2.50. The van der Waals surface area contributed by atoms with Crippen LogP contribution >= 0.6 is 0 Å². The molecule has 0 radical (unpaired) electrons. The van der Waals surface area contributed by atoms with Crippen molar-refractivity contribution in [3.8, 4) is 11.5 Å². The Bertz CT molecular complexity index is 774. The zero-order valence-corrected chi connectivity index (χ0v) is 19.6. The predicted molar refractivity (Wildman–Crippen MR) is 125 cm³/mol. The van der Waals surface area contributed by atoms with Crippen LogP contribution in [0.4, 0.5) is 0 Å². The van der Waals surface area contributed by atoms with Crippen molar-refractivity contribution in [1.29, 1.82) is 0 Å². The third kappa shape index (κ3) is 11.2. The number of rotatable bonds is 12. The molecular weight excluding hydrogens is 392 g/mol. The highest BCUT2D eigenvalue weighted by atomic mass is 16.5. The molecule has 1 atom stereocenters. The fourth-order valence-corrected chi connectivity index (χ4v) is 2.50. The summed E-state index contributed by atoms with van der Waals surface area (Å²) in [6.45, 7) is 7.67. The van der Waals surface area contributed by atoms with Crippen molar-refractivity contribution < 1.29 is 23.8 Å². The average molecular weight is 429 g/mol. The van der Waals surface area contributed by atoms with Gasteiger partial charge in [-0.25, -0.2) is 0 Å². The number of hydrogen-bond acceptors (Lipinski definition) is 5. The van der Waals surface area contributed by atoms with Gasteiger partial charge in [-0.1, -0.05) is 37.3 Å². The molecule has 1 rings (SSSR count). The Morgan fingerprint density at radius 1 is 1.03 bits per heavy atom. The smallest absolute Gasteiger partial charge is 0.311 e. The first-order chi connectivity index (χ1) is 14.7. The molecule has 0 N–H and O–H groups in total. The third-order valence-electron chi connectivity index (χ3n) is 4.40. The van der Waals surface area contributed by atoms with Crippen LogP contribution in [0.15, 0.2) is 48.6 Å². The SMILES string of the molecule is COc1cc(/C=C/C=C/CCCC(=O)/C=C\[C@@H](C)COC(=O)C(C)(C)C)cc(OC)c1. The van der Waals surface area contributed by atoms with Gasteiger partial charge in [0.05, 0.1) is 26.2 Å². The van der Waals surface area contributed by atoms with E-state index in [-0.39, 0.29) is 24.3 Å². The molecule has 31 heavy (non-hydrogen) atoms. The van der Waals surface area contributed by atoms with Crippen LogP contribution in [0.1, 0.15) is 52.5 Å². The van der Waals surface area contributed by atoms with Crippen LogP contribution in [0, 0.1) is 11.3 Å². The van der Waals surface area contributed by atoms with Crippen LogP contribution in [0.5, 0.6) is 11.5 Å². The molecule has 0 heterocycles. The van der Waals surface area contributed by atoms with Crippen molar-refractivity contribution in [2.24, 2.45) is 11.3 Å². The third-order valence-corrected chi connectivity index (χ3v) is 4.40. The Balaban J connectivity index is 2.32. The van der Waals surface area contributed by atoms with Crippen molar-refractivity contribution in [2.75, 3.05) is 20.8 Å². The highest BCUT2D eigenvalue weighted by Crippen LogP contribution is 2.23. The van der Waals surface area contributed by atoms with Gasteiger partial charge in [-0.3, -0.25) is 9.59 Å². The minimum Gasteiger partial charge on any atom is -0.497 e. The first-order valence-corrected chi connectivity index (χ1v) is 10.6. The Kier molecular flexibility index (Phi) is 11.4. The van der Waals surface area contributed by atoms with Crippen molar-refractivity contribution >= 4 is 17.8 Å². The molecule has 5 heteroatoms. The van der Waals surface area contributed by atoms with Crippen molar-refractivity contribution in [1.82, 2.24) is 0 Å². The lowest BCUT2D eigenvalue weighted by molar-refractivity contribution is -0.153. The van der Waals surface area contributed by atoms with Crippen LogP contribution < -0.4 is 9.47 Å². The van der Waals surface area contributed by atoms with E-state index in [0.717, 1.165) is 29.9 Å². The lowest BCUT2D eigenvalue weighted by atomic mass is 9.97. The van der Waals surface area contributed by atoms with E-state index in [1.807, 2.05) is 70.2 Å². The molecule has 1 aromatic carbocycles. The van der Waals surface area contributed by atoms with Crippen LogP contribution in [0.2, 0.25) is 0 Å². The fraction of sp³-hybridized carbons (Fsp3) is 0.462. The Labute approximate surface area is 186 Å². The standard InChI is InChI=1S/C26H36O5/c1-20(19-31-25(28)26(2,3)4)14-15-22(27)13-11-9-7-8-10-12-21-16-23(29-5)18-24(17-21)30-6/h7-8,10,12,14-18,20H,9,11,13,19H2,1-6H3/b8-7+,12-10+,15-14-/t20-/m1/s1. The monoisotopic (exact) mass is 428 g/mol. The Morgan fingerprint density at radius 3 is 2.26 bits per heavy atom. The van der Waals surface area contributed by atoms with Gasteiger partial charge in [0, 0.05) is 18.4 Å². The van der Waals surface area contributed by atoms with E-state index in [1.54, 1.807) is 26.4 Å². The molecule has 0 aliphatic rings. The zero-order chi connectivity index (χ0) is 23.3. The molecule has 0 aromatic heterocycles.